The van der Waals surface area contributed by atoms with Crippen LogP contribution in [0.2, 0.25) is 0 Å². The molecule has 0 unspecified atom stereocenters. The molecule has 55 valence electrons. The monoisotopic (exact) mass is 146 g/mol. The topological polar surface area (TPSA) is 29.1 Å². The lowest BCUT2D eigenvalue weighted by molar-refractivity contribution is 0.562. The molecule has 1 N–H and O–H groups in total. The smallest absolute Gasteiger partial charge is 0.233 e. The Morgan fingerprint density at radius 1 is 1.45 bits per heavy atom. The first-order valence-electron chi connectivity index (χ1n) is 3.65. The van der Waals surface area contributed by atoms with Crippen LogP contribution >= 0.6 is 0 Å². The highest BCUT2D eigenvalue weighted by Crippen LogP contribution is 2.21. The maximum atomic E-state index is 10.3. The standard InChI is InChI=1S/C9H8NO/c11-6-7-1-2-9-8(5-7)3-4-10-9/h1-2,5,10H,3-4H2. The predicted octanol–water partition coefficient (Wildman–Crippen LogP) is 1.11. The van der Waals surface area contributed by atoms with E-state index in [1.54, 1.807) is 6.07 Å². The Labute approximate surface area is 65.2 Å². The molecule has 0 aromatic heterocycles. The van der Waals surface area contributed by atoms with Crippen LogP contribution in [-0.4, -0.2) is 12.8 Å². The molecule has 1 aliphatic heterocycles. The summed E-state index contributed by atoms with van der Waals surface area (Å²) in [5.74, 6) is 0. The number of carbonyl (C=O) groups excluding carboxylic acids is 1. The molecule has 0 saturated heterocycles. The first-order valence-corrected chi connectivity index (χ1v) is 3.65. The quantitative estimate of drug-likeness (QED) is 0.643. The molecule has 11 heavy (non-hydrogen) atoms. The van der Waals surface area contributed by atoms with Gasteiger partial charge in [0.05, 0.1) is 0 Å². The molecule has 2 rings (SSSR count). The second kappa shape index (κ2) is 2.38. The van der Waals surface area contributed by atoms with E-state index >= 15 is 0 Å². The van der Waals surface area contributed by atoms with Crippen LogP contribution in [0.4, 0.5) is 5.69 Å². The Balaban J connectivity index is 2.48. The lowest BCUT2D eigenvalue weighted by Gasteiger charge is -1.97. The molecule has 0 atom stereocenters. The van der Waals surface area contributed by atoms with Crippen molar-refractivity contribution < 1.29 is 4.79 Å². The van der Waals surface area contributed by atoms with Crippen LogP contribution in [-0.2, 0) is 11.2 Å². The van der Waals surface area contributed by atoms with Gasteiger partial charge >= 0.3 is 0 Å². The molecular weight excluding hydrogens is 138 g/mol. The first-order chi connectivity index (χ1) is 5.40. The van der Waals surface area contributed by atoms with Crippen molar-refractivity contribution in [1.29, 1.82) is 0 Å². The van der Waals surface area contributed by atoms with E-state index in [0.717, 1.165) is 18.7 Å². The lowest BCUT2D eigenvalue weighted by Crippen LogP contribution is -1.90. The van der Waals surface area contributed by atoms with Crippen LogP contribution in [0.5, 0.6) is 0 Å². The average Bonchev–Trinajstić information content (AvgIpc) is 2.50. The van der Waals surface area contributed by atoms with E-state index in [2.05, 4.69) is 5.32 Å². The van der Waals surface area contributed by atoms with E-state index in [1.807, 2.05) is 18.4 Å². The molecular formula is C9H8NO. The summed E-state index contributed by atoms with van der Waals surface area (Å²) in [5, 5.41) is 3.22. The van der Waals surface area contributed by atoms with Crippen molar-refractivity contribution in [3.05, 3.63) is 29.3 Å². The van der Waals surface area contributed by atoms with E-state index in [9.17, 15) is 4.79 Å². The van der Waals surface area contributed by atoms with Crippen LogP contribution in [0.3, 0.4) is 0 Å². The van der Waals surface area contributed by atoms with E-state index < -0.39 is 0 Å². The fourth-order valence-corrected chi connectivity index (χ4v) is 1.37. The van der Waals surface area contributed by atoms with Crippen molar-refractivity contribution in [2.75, 3.05) is 11.9 Å². The summed E-state index contributed by atoms with van der Waals surface area (Å²) in [6.45, 7) is 0.984. The van der Waals surface area contributed by atoms with Crippen molar-refractivity contribution >= 4 is 12.0 Å². The van der Waals surface area contributed by atoms with Gasteiger partial charge in [-0.05, 0) is 30.2 Å². The molecule has 1 aliphatic rings. The van der Waals surface area contributed by atoms with Gasteiger partial charge in [-0.2, -0.15) is 0 Å². The second-order valence-corrected chi connectivity index (χ2v) is 2.65. The highest BCUT2D eigenvalue weighted by molar-refractivity contribution is 5.77. The molecule has 0 aliphatic carbocycles. The molecule has 0 fully saturated rings. The van der Waals surface area contributed by atoms with Gasteiger partial charge in [-0.1, -0.05) is 0 Å². The molecule has 1 heterocycles. The summed E-state index contributed by atoms with van der Waals surface area (Å²) in [6, 6.07) is 5.61. The van der Waals surface area contributed by atoms with Crippen molar-refractivity contribution in [1.82, 2.24) is 0 Å². The summed E-state index contributed by atoms with van der Waals surface area (Å²) < 4.78 is 0. The minimum atomic E-state index is 0.646. The fourth-order valence-electron chi connectivity index (χ4n) is 1.37. The van der Waals surface area contributed by atoms with Gasteiger partial charge < -0.3 is 5.32 Å². The molecule has 0 saturated carbocycles. The number of nitrogens with one attached hydrogen (secondary N) is 1. The van der Waals surface area contributed by atoms with Gasteiger partial charge in [0.15, 0.2) is 0 Å². The third-order valence-corrected chi connectivity index (χ3v) is 1.93. The minimum Gasteiger partial charge on any atom is -0.384 e. The molecule has 0 bridgehead atoms. The van der Waals surface area contributed by atoms with Crippen molar-refractivity contribution in [3.8, 4) is 0 Å². The van der Waals surface area contributed by atoms with E-state index in [0.29, 0.717) is 5.56 Å². The number of rotatable bonds is 1. The Bertz CT molecular complexity index is 294. The molecule has 1 aromatic rings. The van der Waals surface area contributed by atoms with Crippen molar-refractivity contribution in [3.63, 3.8) is 0 Å². The van der Waals surface area contributed by atoms with Crippen molar-refractivity contribution in [2.24, 2.45) is 0 Å². The Morgan fingerprint density at radius 2 is 2.36 bits per heavy atom. The molecule has 0 amide bonds. The minimum absolute atomic E-state index is 0.646. The van der Waals surface area contributed by atoms with Gasteiger partial charge in [0, 0.05) is 17.8 Å². The van der Waals surface area contributed by atoms with Gasteiger partial charge in [0.25, 0.3) is 0 Å². The molecule has 2 nitrogen and oxygen atoms in total. The van der Waals surface area contributed by atoms with Gasteiger partial charge in [-0.15, -0.1) is 0 Å². The van der Waals surface area contributed by atoms with Crippen LogP contribution < -0.4 is 5.32 Å². The number of anilines is 1. The Kier molecular flexibility index (Phi) is 1.39. The van der Waals surface area contributed by atoms with Crippen molar-refractivity contribution in [2.45, 2.75) is 6.42 Å². The third kappa shape index (κ3) is 1.00. The van der Waals surface area contributed by atoms with Crippen LogP contribution in [0.1, 0.15) is 11.1 Å². The van der Waals surface area contributed by atoms with Crippen LogP contribution in [0.15, 0.2) is 18.2 Å². The second-order valence-electron chi connectivity index (χ2n) is 2.65. The van der Waals surface area contributed by atoms with Gasteiger partial charge in [-0.25, -0.2) is 0 Å². The Hall–Kier alpha value is -1.31. The largest absolute Gasteiger partial charge is 0.384 e. The van der Waals surface area contributed by atoms with Crippen LogP contribution in [0.25, 0.3) is 0 Å². The summed E-state index contributed by atoms with van der Waals surface area (Å²) >= 11 is 0. The number of hydrogen-bond donors (Lipinski definition) is 1. The Morgan fingerprint density at radius 3 is 3.18 bits per heavy atom. The summed E-state index contributed by atoms with van der Waals surface area (Å²) in [7, 11) is 0. The zero-order chi connectivity index (χ0) is 7.68. The highest BCUT2D eigenvalue weighted by atomic mass is 16.1. The number of fused-ring (bicyclic) bond motifs is 1. The highest BCUT2D eigenvalue weighted by Gasteiger charge is 2.09. The van der Waals surface area contributed by atoms with Gasteiger partial charge in [-0.3, -0.25) is 4.79 Å². The average molecular weight is 146 g/mol. The third-order valence-electron chi connectivity index (χ3n) is 1.93. The number of hydrogen-bond acceptors (Lipinski definition) is 2. The zero-order valence-electron chi connectivity index (χ0n) is 6.05. The van der Waals surface area contributed by atoms with E-state index in [1.165, 1.54) is 5.56 Å². The summed E-state index contributed by atoms with van der Waals surface area (Å²) in [6.07, 6.45) is 2.90. The normalized spacial score (nSPS) is 13.8. The maximum absolute atomic E-state index is 10.3. The lowest BCUT2D eigenvalue weighted by atomic mass is 10.1. The van der Waals surface area contributed by atoms with Gasteiger partial charge in [0.1, 0.15) is 0 Å². The fraction of sp³-hybridized carbons (Fsp3) is 0.222. The van der Waals surface area contributed by atoms with Crippen LogP contribution in [0, 0.1) is 0 Å². The zero-order valence-corrected chi connectivity index (χ0v) is 6.05. The SMILES string of the molecule is O=[C]c1ccc2c(c1)CCN2. The predicted molar refractivity (Wildman–Crippen MR) is 43.4 cm³/mol. The molecule has 2 heteroatoms. The molecule has 0 spiro atoms. The van der Waals surface area contributed by atoms with E-state index in [4.69, 9.17) is 0 Å². The molecule has 1 radical (unpaired) electrons. The summed E-state index contributed by atoms with van der Waals surface area (Å²) in [4.78, 5) is 10.3. The van der Waals surface area contributed by atoms with Gasteiger partial charge in [0.2, 0.25) is 6.29 Å². The number of benzene rings is 1. The summed E-state index contributed by atoms with van der Waals surface area (Å²) in [5.41, 5.74) is 3.03. The molecule has 1 aromatic carbocycles. The maximum Gasteiger partial charge on any atom is 0.233 e. The van der Waals surface area contributed by atoms with E-state index in [-0.39, 0.29) is 0 Å². The first kappa shape index (κ1) is 6.40.